The van der Waals surface area contributed by atoms with Crippen molar-refractivity contribution in [3.8, 4) is 0 Å². The van der Waals surface area contributed by atoms with Crippen molar-refractivity contribution in [3.63, 3.8) is 0 Å². The zero-order valence-corrected chi connectivity index (χ0v) is 13.4. The Kier molecular flexibility index (Phi) is 4.51. The smallest absolute Gasteiger partial charge is 0.225 e. The lowest BCUT2D eigenvalue weighted by Gasteiger charge is -2.19. The lowest BCUT2D eigenvalue weighted by molar-refractivity contribution is -0.133. The minimum Gasteiger partial charge on any atom is -0.342 e. The third kappa shape index (κ3) is 3.05. The van der Waals surface area contributed by atoms with E-state index in [-0.39, 0.29) is 11.8 Å². The highest BCUT2D eigenvalue weighted by molar-refractivity contribution is 5.78. The number of nitrogens with zero attached hydrogens (tertiary/aromatic N) is 3. The standard InChI is InChI=1S/C16H27N3O/c1-11(2)16(20)18-7-6-14(10-18)8-15-17-9-13(5)19(15)12(3)4/h9,11-12,14H,6-8,10H2,1-5H3. The molecule has 2 rings (SSSR count). The first-order valence-electron chi connectivity index (χ1n) is 7.71. The van der Waals surface area contributed by atoms with Gasteiger partial charge in [-0.05, 0) is 33.1 Å². The van der Waals surface area contributed by atoms with Crippen LogP contribution in [0.5, 0.6) is 0 Å². The first-order valence-corrected chi connectivity index (χ1v) is 7.71. The van der Waals surface area contributed by atoms with Gasteiger partial charge in [-0.25, -0.2) is 4.98 Å². The number of imidazole rings is 1. The number of aryl methyl sites for hydroxylation is 1. The van der Waals surface area contributed by atoms with Crippen molar-refractivity contribution in [2.24, 2.45) is 11.8 Å². The Morgan fingerprint density at radius 1 is 1.40 bits per heavy atom. The van der Waals surface area contributed by atoms with E-state index < -0.39 is 0 Å². The number of rotatable bonds is 4. The van der Waals surface area contributed by atoms with Crippen LogP contribution in [0.25, 0.3) is 0 Å². The number of carbonyl (C=O) groups excluding carboxylic acids is 1. The van der Waals surface area contributed by atoms with E-state index in [0.29, 0.717) is 12.0 Å². The summed E-state index contributed by atoms with van der Waals surface area (Å²) in [5.41, 5.74) is 1.23. The molecular weight excluding hydrogens is 250 g/mol. The average molecular weight is 277 g/mol. The molecule has 1 amide bonds. The fraction of sp³-hybridized carbons (Fsp3) is 0.750. The predicted octanol–water partition coefficient (Wildman–Crippen LogP) is 2.82. The molecule has 1 aliphatic heterocycles. The second kappa shape index (κ2) is 5.98. The molecule has 1 aromatic rings. The van der Waals surface area contributed by atoms with E-state index in [2.05, 4.69) is 30.3 Å². The molecule has 4 nitrogen and oxygen atoms in total. The molecule has 112 valence electrons. The summed E-state index contributed by atoms with van der Waals surface area (Å²) in [4.78, 5) is 18.6. The van der Waals surface area contributed by atoms with E-state index in [1.807, 2.05) is 24.9 Å². The maximum atomic E-state index is 12.0. The van der Waals surface area contributed by atoms with Gasteiger partial charge in [0.1, 0.15) is 5.82 Å². The molecule has 20 heavy (non-hydrogen) atoms. The van der Waals surface area contributed by atoms with Gasteiger partial charge in [0.15, 0.2) is 0 Å². The lowest BCUT2D eigenvalue weighted by Crippen LogP contribution is -2.32. The van der Waals surface area contributed by atoms with Gasteiger partial charge in [-0.3, -0.25) is 4.79 Å². The quantitative estimate of drug-likeness (QED) is 0.849. The summed E-state index contributed by atoms with van der Waals surface area (Å²) in [6, 6.07) is 0.447. The molecular formula is C16H27N3O. The van der Waals surface area contributed by atoms with Crippen LogP contribution in [0.4, 0.5) is 0 Å². The maximum Gasteiger partial charge on any atom is 0.225 e. The first-order chi connectivity index (χ1) is 9.40. The van der Waals surface area contributed by atoms with Gasteiger partial charge in [-0.1, -0.05) is 13.8 Å². The minimum atomic E-state index is 0.105. The van der Waals surface area contributed by atoms with Crippen LogP contribution in [0.3, 0.4) is 0 Å². The Balaban J connectivity index is 2.01. The van der Waals surface area contributed by atoms with E-state index in [0.717, 1.165) is 25.9 Å². The van der Waals surface area contributed by atoms with E-state index >= 15 is 0 Å². The first kappa shape index (κ1) is 15.1. The molecule has 0 bridgehead atoms. The van der Waals surface area contributed by atoms with Gasteiger partial charge in [0.2, 0.25) is 5.91 Å². The number of hydrogen-bond donors (Lipinski definition) is 0. The summed E-state index contributed by atoms with van der Waals surface area (Å²) in [7, 11) is 0. The summed E-state index contributed by atoms with van der Waals surface area (Å²) < 4.78 is 2.31. The molecule has 0 aromatic carbocycles. The molecule has 1 saturated heterocycles. The molecule has 0 saturated carbocycles. The summed E-state index contributed by atoms with van der Waals surface area (Å²) in [6.07, 6.45) is 4.04. The summed E-state index contributed by atoms with van der Waals surface area (Å²) in [5.74, 6) is 2.11. The van der Waals surface area contributed by atoms with E-state index in [1.54, 1.807) is 0 Å². The third-order valence-corrected chi connectivity index (χ3v) is 4.14. The van der Waals surface area contributed by atoms with Gasteiger partial charge in [0.05, 0.1) is 0 Å². The second-order valence-corrected chi connectivity index (χ2v) is 6.58. The number of amides is 1. The van der Waals surface area contributed by atoms with Crippen LogP contribution >= 0.6 is 0 Å². The molecule has 0 radical (unpaired) electrons. The van der Waals surface area contributed by atoms with Gasteiger partial charge >= 0.3 is 0 Å². The topological polar surface area (TPSA) is 38.1 Å². The normalized spacial score (nSPS) is 19.4. The molecule has 1 unspecified atom stereocenters. The number of hydrogen-bond acceptors (Lipinski definition) is 2. The molecule has 1 aliphatic rings. The van der Waals surface area contributed by atoms with Crippen LogP contribution in [0.15, 0.2) is 6.20 Å². The Hall–Kier alpha value is -1.32. The molecule has 1 fully saturated rings. The molecule has 0 N–H and O–H groups in total. The number of carbonyl (C=O) groups is 1. The molecule has 2 heterocycles. The summed E-state index contributed by atoms with van der Waals surface area (Å²) in [5, 5.41) is 0. The fourth-order valence-corrected chi connectivity index (χ4v) is 3.18. The Labute approximate surface area is 122 Å². The number of likely N-dealkylation sites (tertiary alicyclic amines) is 1. The Morgan fingerprint density at radius 2 is 2.10 bits per heavy atom. The molecule has 0 spiro atoms. The van der Waals surface area contributed by atoms with E-state index in [1.165, 1.54) is 11.5 Å². The van der Waals surface area contributed by atoms with Gasteiger partial charge < -0.3 is 9.47 Å². The van der Waals surface area contributed by atoms with Crippen LogP contribution in [0, 0.1) is 18.8 Å². The van der Waals surface area contributed by atoms with Crippen molar-refractivity contribution < 1.29 is 4.79 Å². The van der Waals surface area contributed by atoms with Gasteiger partial charge in [0.25, 0.3) is 0 Å². The van der Waals surface area contributed by atoms with Crippen molar-refractivity contribution in [3.05, 3.63) is 17.7 Å². The van der Waals surface area contributed by atoms with Crippen molar-refractivity contribution >= 4 is 5.91 Å². The van der Waals surface area contributed by atoms with Crippen LogP contribution in [0.1, 0.15) is 51.7 Å². The Morgan fingerprint density at radius 3 is 2.70 bits per heavy atom. The van der Waals surface area contributed by atoms with Gasteiger partial charge in [0, 0.05) is 43.4 Å². The number of aromatic nitrogens is 2. The van der Waals surface area contributed by atoms with E-state index in [4.69, 9.17) is 0 Å². The Bertz CT molecular complexity index is 476. The zero-order valence-electron chi connectivity index (χ0n) is 13.4. The molecule has 4 heteroatoms. The van der Waals surface area contributed by atoms with Crippen molar-refractivity contribution in [1.82, 2.24) is 14.5 Å². The third-order valence-electron chi connectivity index (χ3n) is 4.14. The largest absolute Gasteiger partial charge is 0.342 e. The summed E-state index contributed by atoms with van der Waals surface area (Å²) >= 11 is 0. The highest BCUT2D eigenvalue weighted by Crippen LogP contribution is 2.23. The van der Waals surface area contributed by atoms with Gasteiger partial charge in [-0.2, -0.15) is 0 Å². The van der Waals surface area contributed by atoms with Crippen LogP contribution in [0.2, 0.25) is 0 Å². The maximum absolute atomic E-state index is 12.0. The van der Waals surface area contributed by atoms with E-state index in [9.17, 15) is 4.79 Å². The zero-order chi connectivity index (χ0) is 14.9. The highest BCUT2D eigenvalue weighted by atomic mass is 16.2. The average Bonchev–Trinajstić information content (AvgIpc) is 2.96. The van der Waals surface area contributed by atoms with Crippen LogP contribution < -0.4 is 0 Å². The lowest BCUT2D eigenvalue weighted by atomic mass is 10.0. The van der Waals surface area contributed by atoms with Crippen LogP contribution in [-0.2, 0) is 11.2 Å². The summed E-state index contributed by atoms with van der Waals surface area (Å²) in [6.45, 7) is 12.3. The minimum absolute atomic E-state index is 0.105. The predicted molar refractivity (Wildman–Crippen MR) is 80.6 cm³/mol. The second-order valence-electron chi connectivity index (χ2n) is 6.58. The van der Waals surface area contributed by atoms with Crippen molar-refractivity contribution in [2.75, 3.05) is 13.1 Å². The fourth-order valence-electron chi connectivity index (χ4n) is 3.18. The van der Waals surface area contributed by atoms with Crippen molar-refractivity contribution in [1.29, 1.82) is 0 Å². The SMILES string of the molecule is Cc1cnc(CC2CCN(C(=O)C(C)C)C2)n1C(C)C. The highest BCUT2D eigenvalue weighted by Gasteiger charge is 2.28. The monoisotopic (exact) mass is 277 g/mol. The van der Waals surface area contributed by atoms with Crippen LogP contribution in [-0.4, -0.2) is 33.4 Å². The molecule has 1 atom stereocenters. The van der Waals surface area contributed by atoms with Gasteiger partial charge in [-0.15, -0.1) is 0 Å². The molecule has 1 aromatic heterocycles. The molecule has 0 aliphatic carbocycles. The van der Waals surface area contributed by atoms with Crippen molar-refractivity contribution in [2.45, 2.75) is 53.5 Å².